The van der Waals surface area contributed by atoms with E-state index in [1.165, 1.54) is 55.6 Å². The lowest BCUT2D eigenvalue weighted by Crippen LogP contribution is -2.17. The molecule has 65 heavy (non-hydrogen) atoms. The summed E-state index contributed by atoms with van der Waals surface area (Å²) in [6.45, 7) is 4.73. The maximum Gasteiger partial charge on any atom is 0.136 e. The van der Waals surface area contributed by atoms with Crippen molar-refractivity contribution in [3.8, 4) is 66.8 Å². The molecule has 0 N–H and O–H groups in total. The van der Waals surface area contributed by atoms with Crippen molar-refractivity contribution in [1.82, 2.24) is 0 Å². The van der Waals surface area contributed by atoms with Crippen molar-refractivity contribution >= 4 is 39.0 Å². The molecule has 0 radical (unpaired) electrons. The minimum Gasteiger partial charge on any atom is -0.456 e. The third-order valence-electron chi connectivity index (χ3n) is 13.5. The van der Waals surface area contributed by atoms with E-state index in [2.05, 4.69) is 243 Å². The third-order valence-corrected chi connectivity index (χ3v) is 13.5. The molecule has 0 bridgehead atoms. The van der Waals surface area contributed by atoms with Gasteiger partial charge in [0.15, 0.2) is 0 Å². The first kappa shape index (κ1) is 38.5. The van der Waals surface area contributed by atoms with Crippen molar-refractivity contribution in [2.45, 2.75) is 19.3 Å². The van der Waals surface area contributed by atoms with Crippen molar-refractivity contribution in [2.24, 2.45) is 0 Å². The number of furan rings is 1. The van der Waals surface area contributed by atoms with E-state index in [-0.39, 0.29) is 5.41 Å². The first-order valence-electron chi connectivity index (χ1n) is 22.5. The van der Waals surface area contributed by atoms with Gasteiger partial charge in [0.1, 0.15) is 11.2 Å². The van der Waals surface area contributed by atoms with E-state index in [1.807, 2.05) is 12.1 Å². The highest BCUT2D eigenvalue weighted by molar-refractivity contribution is 6.07. The van der Waals surface area contributed by atoms with Crippen LogP contribution in [-0.2, 0) is 5.41 Å². The van der Waals surface area contributed by atoms with Gasteiger partial charge in [0.05, 0.1) is 5.69 Å². The first-order chi connectivity index (χ1) is 32.0. The number of nitrogens with zero attached hydrogens (tertiary/aromatic N) is 1. The highest BCUT2D eigenvalue weighted by Gasteiger charge is 2.36. The molecule has 0 saturated heterocycles. The van der Waals surface area contributed by atoms with Crippen LogP contribution in [0.3, 0.4) is 0 Å². The molecule has 12 rings (SSSR count). The molecule has 1 aliphatic carbocycles. The lowest BCUT2D eigenvalue weighted by molar-refractivity contribution is 0.660. The van der Waals surface area contributed by atoms with Crippen LogP contribution in [0.2, 0.25) is 0 Å². The quantitative estimate of drug-likeness (QED) is 0.152. The molecule has 0 atom stereocenters. The molecule has 11 aromatic rings. The zero-order valence-corrected chi connectivity index (χ0v) is 36.4. The summed E-state index contributed by atoms with van der Waals surface area (Å²) < 4.78 is 6.45. The summed E-state index contributed by atoms with van der Waals surface area (Å²) >= 11 is 0. The van der Waals surface area contributed by atoms with E-state index in [0.29, 0.717) is 0 Å². The fourth-order valence-corrected chi connectivity index (χ4v) is 10.4. The zero-order valence-electron chi connectivity index (χ0n) is 36.4. The topological polar surface area (TPSA) is 16.4 Å². The Balaban J connectivity index is 1.14. The molecule has 0 aliphatic heterocycles. The van der Waals surface area contributed by atoms with Crippen LogP contribution in [0.15, 0.2) is 241 Å². The van der Waals surface area contributed by atoms with Crippen LogP contribution >= 0.6 is 0 Å². The Morgan fingerprint density at radius 3 is 1.58 bits per heavy atom. The maximum absolute atomic E-state index is 6.45. The number of anilines is 3. The average molecular weight is 832 g/mol. The Hall–Kier alpha value is -8.20. The van der Waals surface area contributed by atoms with Crippen molar-refractivity contribution in [3.63, 3.8) is 0 Å². The molecule has 1 aromatic heterocycles. The van der Waals surface area contributed by atoms with Crippen LogP contribution in [-0.4, -0.2) is 0 Å². The van der Waals surface area contributed by atoms with Crippen LogP contribution in [0, 0.1) is 0 Å². The standard InChI is InChI=1S/C63H45NO/c1-63(2)57-30-16-14-26-51(57)52-38-35-47(41-58(52)63)64(59-31-18-29-50(43-21-8-4-9-22-43)62(59)55-28-13-12-25-48(55)42-19-6-3-7-20-42)46-34-37-49(56(40-46)44-23-10-5-11-24-44)45-33-36-54-53-27-15-17-32-60(53)65-61(54)39-45/h3-41H,1-2H3. The third kappa shape index (κ3) is 6.49. The zero-order chi connectivity index (χ0) is 43.5. The molecule has 0 saturated carbocycles. The molecule has 0 unspecified atom stereocenters. The summed E-state index contributed by atoms with van der Waals surface area (Å²) in [5.41, 5.74) is 21.7. The second-order valence-corrected chi connectivity index (χ2v) is 17.6. The summed E-state index contributed by atoms with van der Waals surface area (Å²) in [7, 11) is 0. The lowest BCUT2D eigenvalue weighted by atomic mass is 9.82. The van der Waals surface area contributed by atoms with Crippen molar-refractivity contribution in [2.75, 3.05) is 4.90 Å². The number of hydrogen-bond donors (Lipinski definition) is 0. The number of rotatable bonds is 8. The summed E-state index contributed by atoms with van der Waals surface area (Å²) in [5.74, 6) is 0. The molecule has 0 spiro atoms. The van der Waals surface area contributed by atoms with Gasteiger partial charge in [-0.25, -0.2) is 0 Å². The summed E-state index contributed by atoms with van der Waals surface area (Å²) in [4.78, 5) is 2.50. The number of hydrogen-bond acceptors (Lipinski definition) is 2. The highest BCUT2D eigenvalue weighted by atomic mass is 16.3. The molecular weight excluding hydrogens is 787 g/mol. The van der Waals surface area contributed by atoms with Gasteiger partial charge < -0.3 is 9.32 Å². The predicted molar refractivity (Wildman–Crippen MR) is 273 cm³/mol. The number of benzene rings is 10. The molecule has 1 heterocycles. The maximum atomic E-state index is 6.45. The Bertz CT molecular complexity index is 3560. The van der Waals surface area contributed by atoms with Gasteiger partial charge in [-0.15, -0.1) is 0 Å². The smallest absolute Gasteiger partial charge is 0.136 e. The minimum absolute atomic E-state index is 0.184. The van der Waals surface area contributed by atoms with Crippen molar-refractivity contribution in [3.05, 3.63) is 248 Å². The Labute approximate surface area is 380 Å². The fourth-order valence-electron chi connectivity index (χ4n) is 10.4. The van der Waals surface area contributed by atoms with E-state index in [9.17, 15) is 0 Å². The van der Waals surface area contributed by atoms with Gasteiger partial charge >= 0.3 is 0 Å². The second kappa shape index (κ2) is 15.6. The van der Waals surface area contributed by atoms with Gasteiger partial charge in [0, 0.05) is 33.1 Å². The second-order valence-electron chi connectivity index (χ2n) is 17.6. The predicted octanol–water partition coefficient (Wildman–Crippen LogP) is 17.7. The number of fused-ring (bicyclic) bond motifs is 6. The van der Waals surface area contributed by atoms with E-state index < -0.39 is 0 Å². The van der Waals surface area contributed by atoms with Gasteiger partial charge in [-0.05, 0) is 121 Å². The summed E-state index contributed by atoms with van der Waals surface area (Å²) in [5, 5.41) is 2.25. The van der Waals surface area contributed by atoms with E-state index >= 15 is 0 Å². The van der Waals surface area contributed by atoms with Crippen LogP contribution in [0.25, 0.3) is 88.7 Å². The van der Waals surface area contributed by atoms with Gasteiger partial charge in [-0.2, -0.15) is 0 Å². The van der Waals surface area contributed by atoms with Gasteiger partial charge in [0.25, 0.3) is 0 Å². The van der Waals surface area contributed by atoms with E-state index in [0.717, 1.165) is 61.3 Å². The summed E-state index contributed by atoms with van der Waals surface area (Å²) in [6.07, 6.45) is 0. The van der Waals surface area contributed by atoms with E-state index in [4.69, 9.17) is 4.42 Å². The Kier molecular flexibility index (Phi) is 9.21. The summed E-state index contributed by atoms with van der Waals surface area (Å²) in [6, 6.07) is 86.1. The van der Waals surface area contributed by atoms with Crippen molar-refractivity contribution in [1.29, 1.82) is 0 Å². The average Bonchev–Trinajstić information content (AvgIpc) is 3.85. The molecule has 2 heteroatoms. The fraction of sp³-hybridized carbons (Fsp3) is 0.0476. The molecule has 1 aliphatic rings. The highest BCUT2D eigenvalue weighted by Crippen LogP contribution is 2.53. The molecule has 10 aromatic carbocycles. The monoisotopic (exact) mass is 831 g/mol. The molecular formula is C63H45NO. The largest absolute Gasteiger partial charge is 0.456 e. The molecule has 308 valence electrons. The SMILES string of the molecule is CC1(C)c2ccccc2-c2ccc(N(c3ccc(-c4ccc5c(c4)oc4ccccc45)c(-c4ccccc4)c3)c3cccc(-c4ccccc4)c3-c3ccccc3-c3ccccc3)cc21. The van der Waals surface area contributed by atoms with Gasteiger partial charge in [0.2, 0.25) is 0 Å². The minimum atomic E-state index is -0.184. The Morgan fingerprint density at radius 2 is 0.846 bits per heavy atom. The van der Waals surface area contributed by atoms with Crippen LogP contribution in [0.5, 0.6) is 0 Å². The molecule has 0 fully saturated rings. The van der Waals surface area contributed by atoms with Crippen LogP contribution in [0.1, 0.15) is 25.0 Å². The van der Waals surface area contributed by atoms with Crippen LogP contribution in [0.4, 0.5) is 17.1 Å². The normalized spacial score (nSPS) is 12.6. The van der Waals surface area contributed by atoms with Crippen LogP contribution < -0.4 is 4.90 Å². The molecule has 0 amide bonds. The Morgan fingerprint density at radius 1 is 0.323 bits per heavy atom. The van der Waals surface area contributed by atoms with Crippen molar-refractivity contribution < 1.29 is 4.42 Å². The first-order valence-corrected chi connectivity index (χ1v) is 22.5. The number of para-hydroxylation sites is 1. The molecule has 2 nitrogen and oxygen atoms in total. The lowest BCUT2D eigenvalue weighted by Gasteiger charge is -2.32. The van der Waals surface area contributed by atoms with Gasteiger partial charge in [-0.3, -0.25) is 0 Å². The van der Waals surface area contributed by atoms with E-state index in [1.54, 1.807) is 0 Å². The van der Waals surface area contributed by atoms with Gasteiger partial charge in [-0.1, -0.05) is 202 Å².